The van der Waals surface area contributed by atoms with Crippen LogP contribution in [0.4, 0.5) is 0 Å². The normalized spacial score (nSPS) is 15.5. The molecule has 0 aliphatic carbocycles. The van der Waals surface area contributed by atoms with Crippen LogP contribution < -0.4 is 4.74 Å². The average molecular weight is 167 g/mol. The van der Waals surface area contributed by atoms with E-state index in [1.165, 1.54) is 10.5 Å². The maximum atomic E-state index is 7.09. The Kier molecular flexibility index (Phi) is 1.50. The third-order valence-electron chi connectivity index (χ3n) is 1.73. The van der Waals surface area contributed by atoms with Gasteiger partial charge in [-0.3, -0.25) is 0 Å². The molecule has 0 radical (unpaired) electrons. The highest BCUT2D eigenvalue weighted by Gasteiger charge is 2.11. The van der Waals surface area contributed by atoms with Crippen LogP contribution in [0.3, 0.4) is 0 Å². The summed E-state index contributed by atoms with van der Waals surface area (Å²) in [6.45, 7) is 0.450. The van der Waals surface area contributed by atoms with Gasteiger partial charge >= 0.3 is 0 Å². The Morgan fingerprint density at radius 2 is 2.73 bits per heavy atom. The van der Waals surface area contributed by atoms with Crippen LogP contribution in [0.2, 0.25) is 0 Å². The SMILES string of the molecule is [2H]CCc1ccc2c(c1)OCS2. The Bertz CT molecular complexity index is 288. The minimum absolute atomic E-state index is 0.450. The second-order valence-electron chi connectivity index (χ2n) is 2.44. The second kappa shape index (κ2) is 2.78. The lowest BCUT2D eigenvalue weighted by Gasteiger charge is -1.99. The van der Waals surface area contributed by atoms with Crippen molar-refractivity contribution >= 4 is 11.8 Å². The quantitative estimate of drug-likeness (QED) is 0.636. The van der Waals surface area contributed by atoms with Gasteiger partial charge in [0.1, 0.15) is 11.7 Å². The van der Waals surface area contributed by atoms with Crippen LogP contribution in [0.15, 0.2) is 23.1 Å². The number of benzene rings is 1. The van der Waals surface area contributed by atoms with Crippen LogP contribution in [0, 0.1) is 0 Å². The molecule has 1 aliphatic rings. The van der Waals surface area contributed by atoms with Gasteiger partial charge in [0, 0.05) is 1.37 Å². The molecule has 0 N–H and O–H groups in total. The van der Waals surface area contributed by atoms with Crippen LogP contribution in [0.5, 0.6) is 5.75 Å². The van der Waals surface area contributed by atoms with E-state index in [-0.39, 0.29) is 0 Å². The van der Waals surface area contributed by atoms with Crippen molar-refractivity contribution in [2.45, 2.75) is 18.2 Å². The maximum absolute atomic E-state index is 7.09. The third kappa shape index (κ3) is 1.23. The Labute approximate surface area is 72.2 Å². The Morgan fingerprint density at radius 1 is 1.73 bits per heavy atom. The zero-order valence-electron chi connectivity index (χ0n) is 7.17. The van der Waals surface area contributed by atoms with Gasteiger partial charge in [-0.25, -0.2) is 0 Å². The standard InChI is InChI=1S/C9H10OS/c1-2-7-3-4-9-8(5-7)10-6-11-9/h3-5H,2,6H2,1H3/i1D. The van der Waals surface area contributed by atoms with Gasteiger partial charge in [0.05, 0.1) is 4.90 Å². The molecule has 0 bridgehead atoms. The lowest BCUT2D eigenvalue weighted by Crippen LogP contribution is -1.84. The van der Waals surface area contributed by atoms with Crippen LogP contribution in [-0.2, 0) is 6.42 Å². The van der Waals surface area contributed by atoms with Gasteiger partial charge < -0.3 is 4.74 Å². The summed E-state index contributed by atoms with van der Waals surface area (Å²) in [5.74, 6) is 1.73. The smallest absolute Gasteiger partial charge is 0.138 e. The minimum atomic E-state index is 0.450. The van der Waals surface area contributed by atoms with Gasteiger partial charge in [0.15, 0.2) is 0 Å². The minimum Gasteiger partial charge on any atom is -0.481 e. The molecule has 2 heteroatoms. The zero-order valence-corrected chi connectivity index (χ0v) is 6.99. The highest BCUT2D eigenvalue weighted by molar-refractivity contribution is 7.99. The molecule has 11 heavy (non-hydrogen) atoms. The summed E-state index contributed by atoms with van der Waals surface area (Å²) in [6.07, 6.45) is 0.821. The van der Waals surface area contributed by atoms with Crippen molar-refractivity contribution in [3.63, 3.8) is 0 Å². The number of aryl methyl sites for hydroxylation is 1. The molecule has 1 aliphatic heterocycles. The summed E-state index contributed by atoms with van der Waals surface area (Å²) in [5.41, 5.74) is 1.20. The largest absolute Gasteiger partial charge is 0.481 e. The van der Waals surface area contributed by atoms with Crippen molar-refractivity contribution in [2.75, 3.05) is 5.94 Å². The zero-order chi connectivity index (χ0) is 8.39. The summed E-state index contributed by atoms with van der Waals surface area (Å²) in [4.78, 5) is 1.23. The Hall–Kier alpha value is -0.630. The summed E-state index contributed by atoms with van der Waals surface area (Å²) in [7, 11) is 0. The molecular weight excluding hydrogens is 156 g/mol. The highest BCUT2D eigenvalue weighted by Crippen LogP contribution is 2.36. The molecule has 58 valence electrons. The van der Waals surface area contributed by atoms with Crippen molar-refractivity contribution in [3.8, 4) is 5.75 Å². The summed E-state index contributed by atoms with van der Waals surface area (Å²) in [6, 6.07) is 6.21. The van der Waals surface area contributed by atoms with E-state index in [1.807, 2.05) is 6.07 Å². The van der Waals surface area contributed by atoms with Gasteiger partial charge in [-0.1, -0.05) is 24.7 Å². The van der Waals surface area contributed by atoms with Crippen LogP contribution >= 0.6 is 11.8 Å². The molecule has 0 atom stereocenters. The first-order valence-corrected chi connectivity index (χ1v) is 4.56. The fourth-order valence-electron chi connectivity index (χ4n) is 1.10. The lowest BCUT2D eigenvalue weighted by atomic mass is 10.2. The predicted molar refractivity (Wildman–Crippen MR) is 47.2 cm³/mol. The van der Waals surface area contributed by atoms with E-state index < -0.39 is 0 Å². The maximum Gasteiger partial charge on any atom is 0.138 e. The van der Waals surface area contributed by atoms with E-state index in [9.17, 15) is 0 Å². The highest BCUT2D eigenvalue weighted by atomic mass is 32.2. The molecule has 1 heterocycles. The summed E-state index contributed by atoms with van der Waals surface area (Å²) in [5, 5.41) is 0. The van der Waals surface area contributed by atoms with Gasteiger partial charge in [-0.2, -0.15) is 0 Å². The molecule has 0 aromatic heterocycles. The molecule has 0 saturated heterocycles. The molecule has 1 aromatic rings. The molecule has 0 unspecified atom stereocenters. The van der Waals surface area contributed by atoms with Crippen LogP contribution in [0.25, 0.3) is 0 Å². The Morgan fingerprint density at radius 3 is 3.64 bits per heavy atom. The van der Waals surface area contributed by atoms with Crippen molar-refractivity contribution in [2.24, 2.45) is 0 Å². The van der Waals surface area contributed by atoms with E-state index in [2.05, 4.69) is 12.1 Å². The number of ether oxygens (including phenoxy) is 1. The Balaban J connectivity index is 2.26. The first kappa shape index (κ1) is 5.95. The first-order chi connectivity index (χ1) is 5.90. The fourth-order valence-corrected chi connectivity index (χ4v) is 1.83. The predicted octanol–water partition coefficient (Wildman–Crippen LogP) is 2.69. The van der Waals surface area contributed by atoms with E-state index in [0.29, 0.717) is 6.90 Å². The molecule has 0 amide bonds. The number of hydrogen-bond donors (Lipinski definition) is 0. The number of rotatable bonds is 1. The number of hydrogen-bond acceptors (Lipinski definition) is 2. The van der Waals surface area contributed by atoms with Crippen LogP contribution in [-0.4, -0.2) is 5.94 Å². The molecule has 0 spiro atoms. The molecule has 0 saturated carbocycles. The van der Waals surface area contributed by atoms with E-state index in [4.69, 9.17) is 6.11 Å². The molecule has 2 rings (SSSR count). The average Bonchev–Trinajstić information content (AvgIpc) is 2.51. The monoisotopic (exact) mass is 167 g/mol. The van der Waals surface area contributed by atoms with E-state index >= 15 is 0 Å². The van der Waals surface area contributed by atoms with Gasteiger partial charge in [0.2, 0.25) is 0 Å². The number of thioether (sulfide) groups is 1. The van der Waals surface area contributed by atoms with Crippen molar-refractivity contribution in [3.05, 3.63) is 23.8 Å². The van der Waals surface area contributed by atoms with Crippen LogP contribution in [0.1, 0.15) is 13.8 Å². The van der Waals surface area contributed by atoms with E-state index in [1.54, 1.807) is 11.8 Å². The topological polar surface area (TPSA) is 9.23 Å². The summed E-state index contributed by atoms with van der Waals surface area (Å²) < 4.78 is 12.5. The van der Waals surface area contributed by atoms with Crippen molar-refractivity contribution in [1.29, 1.82) is 0 Å². The third-order valence-corrected chi connectivity index (χ3v) is 2.61. The van der Waals surface area contributed by atoms with Crippen molar-refractivity contribution in [1.82, 2.24) is 0 Å². The lowest BCUT2D eigenvalue weighted by molar-refractivity contribution is 0.397. The van der Waals surface area contributed by atoms with Gasteiger partial charge in [-0.15, -0.1) is 0 Å². The molecular formula is C9H10OS. The van der Waals surface area contributed by atoms with E-state index in [0.717, 1.165) is 18.1 Å². The molecule has 1 nitrogen and oxygen atoms in total. The summed E-state index contributed by atoms with van der Waals surface area (Å²) >= 11 is 1.73. The van der Waals surface area contributed by atoms with Crippen molar-refractivity contribution < 1.29 is 6.11 Å². The fraction of sp³-hybridized carbons (Fsp3) is 0.333. The number of fused-ring (bicyclic) bond motifs is 1. The van der Waals surface area contributed by atoms with Gasteiger partial charge in [0.25, 0.3) is 0 Å². The molecule has 1 aromatic carbocycles. The first-order valence-electron chi connectivity index (χ1n) is 4.28. The van der Waals surface area contributed by atoms with Gasteiger partial charge in [-0.05, 0) is 24.1 Å². The second-order valence-corrected chi connectivity index (χ2v) is 3.40. The molecule has 0 fully saturated rings.